The van der Waals surface area contributed by atoms with Gasteiger partial charge in [-0.05, 0) is 35.7 Å². The van der Waals surface area contributed by atoms with Crippen LogP contribution in [0.25, 0.3) is 0 Å². The van der Waals surface area contributed by atoms with Gasteiger partial charge < -0.3 is 5.11 Å². The average molecular weight is 350 g/mol. The molecule has 0 fully saturated rings. The van der Waals surface area contributed by atoms with Crippen LogP contribution in [0.15, 0.2) is 46.9 Å². The second-order valence-electron chi connectivity index (χ2n) is 4.87. The van der Waals surface area contributed by atoms with E-state index in [1.807, 2.05) is 43.3 Å². The number of phenols is 1. The molecule has 0 saturated carbocycles. The van der Waals surface area contributed by atoms with Gasteiger partial charge in [0, 0.05) is 15.0 Å². The Morgan fingerprint density at radius 3 is 2.48 bits per heavy atom. The highest BCUT2D eigenvalue weighted by molar-refractivity contribution is 9.10. The molecule has 0 heterocycles. The first-order valence-electron chi connectivity index (χ1n) is 6.70. The van der Waals surface area contributed by atoms with Crippen LogP contribution in [0, 0.1) is 10.1 Å². The van der Waals surface area contributed by atoms with E-state index < -0.39 is 5.92 Å². The lowest BCUT2D eigenvalue weighted by Crippen LogP contribution is -2.14. The van der Waals surface area contributed by atoms with Gasteiger partial charge in [-0.25, -0.2) is 0 Å². The van der Waals surface area contributed by atoms with Crippen LogP contribution >= 0.6 is 15.9 Å². The van der Waals surface area contributed by atoms with Crippen LogP contribution < -0.4 is 0 Å². The van der Waals surface area contributed by atoms with Gasteiger partial charge in [0.1, 0.15) is 5.75 Å². The van der Waals surface area contributed by atoms with Crippen molar-refractivity contribution in [3.63, 3.8) is 0 Å². The lowest BCUT2D eigenvalue weighted by atomic mass is 9.89. The Bertz CT molecular complexity index is 640. The molecular weight excluding hydrogens is 334 g/mol. The van der Waals surface area contributed by atoms with Gasteiger partial charge in [-0.1, -0.05) is 47.1 Å². The quantitative estimate of drug-likeness (QED) is 0.652. The summed E-state index contributed by atoms with van der Waals surface area (Å²) in [4.78, 5) is 10.7. The van der Waals surface area contributed by atoms with Crippen molar-refractivity contribution in [1.82, 2.24) is 0 Å². The van der Waals surface area contributed by atoms with Crippen LogP contribution in [0.4, 0.5) is 0 Å². The molecule has 21 heavy (non-hydrogen) atoms. The zero-order valence-electron chi connectivity index (χ0n) is 11.6. The van der Waals surface area contributed by atoms with Gasteiger partial charge >= 0.3 is 0 Å². The molecule has 0 amide bonds. The summed E-state index contributed by atoms with van der Waals surface area (Å²) in [5.41, 5.74) is 2.47. The van der Waals surface area contributed by atoms with Gasteiger partial charge in [0.05, 0.1) is 5.92 Å². The molecule has 0 bridgehead atoms. The largest absolute Gasteiger partial charge is 0.508 e. The monoisotopic (exact) mass is 349 g/mol. The van der Waals surface area contributed by atoms with E-state index in [1.54, 1.807) is 6.07 Å². The Morgan fingerprint density at radius 1 is 1.24 bits per heavy atom. The third-order valence-electron chi connectivity index (χ3n) is 3.48. The first kappa shape index (κ1) is 15.5. The Kier molecular flexibility index (Phi) is 4.96. The van der Waals surface area contributed by atoms with Crippen molar-refractivity contribution in [2.75, 3.05) is 6.54 Å². The van der Waals surface area contributed by atoms with E-state index in [9.17, 15) is 15.2 Å². The zero-order chi connectivity index (χ0) is 15.4. The van der Waals surface area contributed by atoms with Gasteiger partial charge in [-0.3, -0.25) is 10.1 Å². The van der Waals surface area contributed by atoms with E-state index in [-0.39, 0.29) is 17.2 Å². The molecule has 5 heteroatoms. The standard InChI is InChI=1S/C16H16BrNO3/c1-2-11-3-8-16(19)14(9-11)15(10-18(20)21)12-4-6-13(17)7-5-12/h3-9,15,19H,2,10H2,1H3. The first-order chi connectivity index (χ1) is 10.0. The summed E-state index contributed by atoms with van der Waals surface area (Å²) in [5.74, 6) is -0.360. The topological polar surface area (TPSA) is 63.4 Å². The highest BCUT2D eigenvalue weighted by atomic mass is 79.9. The summed E-state index contributed by atoms with van der Waals surface area (Å²) in [7, 11) is 0. The molecule has 110 valence electrons. The summed E-state index contributed by atoms with van der Waals surface area (Å²) in [6.07, 6.45) is 0.818. The normalized spacial score (nSPS) is 12.1. The van der Waals surface area contributed by atoms with Crippen LogP contribution in [0.2, 0.25) is 0 Å². The fourth-order valence-electron chi connectivity index (χ4n) is 2.33. The summed E-state index contributed by atoms with van der Waals surface area (Å²) in [6, 6.07) is 12.7. The van der Waals surface area contributed by atoms with Crippen LogP contribution in [0.5, 0.6) is 5.75 Å². The van der Waals surface area contributed by atoms with Crippen molar-refractivity contribution in [2.24, 2.45) is 0 Å². The number of aromatic hydroxyl groups is 1. The van der Waals surface area contributed by atoms with E-state index in [4.69, 9.17) is 0 Å². The van der Waals surface area contributed by atoms with Gasteiger partial charge in [0.25, 0.3) is 0 Å². The lowest BCUT2D eigenvalue weighted by Gasteiger charge is -2.16. The molecule has 0 spiro atoms. The van der Waals surface area contributed by atoms with Crippen LogP contribution in [0.3, 0.4) is 0 Å². The van der Waals surface area contributed by atoms with Gasteiger partial charge in [-0.2, -0.15) is 0 Å². The SMILES string of the molecule is CCc1ccc(O)c(C(C[N+](=O)[O-])c2ccc(Br)cc2)c1. The number of nitro groups is 1. The molecule has 0 aliphatic rings. The van der Waals surface area contributed by atoms with Crippen molar-refractivity contribution in [1.29, 1.82) is 0 Å². The number of hydrogen-bond donors (Lipinski definition) is 1. The number of phenolic OH excluding ortho intramolecular Hbond substituents is 1. The fourth-order valence-corrected chi connectivity index (χ4v) is 2.59. The molecule has 0 aliphatic heterocycles. The van der Waals surface area contributed by atoms with E-state index in [0.29, 0.717) is 5.56 Å². The molecular formula is C16H16BrNO3. The maximum atomic E-state index is 11.0. The van der Waals surface area contributed by atoms with Gasteiger partial charge in [0.2, 0.25) is 6.54 Å². The molecule has 2 aromatic rings. The van der Waals surface area contributed by atoms with Gasteiger partial charge in [-0.15, -0.1) is 0 Å². The number of benzene rings is 2. The molecule has 1 atom stereocenters. The predicted octanol–water partition coefficient (Wildman–Crippen LogP) is 4.13. The maximum Gasteiger partial charge on any atom is 0.214 e. The average Bonchev–Trinajstić information content (AvgIpc) is 2.46. The number of aryl methyl sites for hydroxylation is 1. The number of hydrogen-bond acceptors (Lipinski definition) is 3. The minimum atomic E-state index is -0.459. The summed E-state index contributed by atoms with van der Waals surface area (Å²) in [5, 5.41) is 21.1. The fraction of sp³-hybridized carbons (Fsp3) is 0.250. The molecule has 1 unspecified atom stereocenters. The van der Waals surface area contributed by atoms with E-state index in [2.05, 4.69) is 15.9 Å². The van der Waals surface area contributed by atoms with Crippen LogP contribution in [0.1, 0.15) is 29.5 Å². The minimum Gasteiger partial charge on any atom is -0.508 e. The summed E-state index contributed by atoms with van der Waals surface area (Å²) in [6.45, 7) is 1.76. The Labute approximate surface area is 131 Å². The van der Waals surface area contributed by atoms with E-state index >= 15 is 0 Å². The smallest absolute Gasteiger partial charge is 0.214 e. The van der Waals surface area contributed by atoms with Crippen molar-refractivity contribution in [2.45, 2.75) is 19.3 Å². The Morgan fingerprint density at radius 2 is 1.90 bits per heavy atom. The summed E-state index contributed by atoms with van der Waals surface area (Å²) < 4.78 is 0.914. The lowest BCUT2D eigenvalue weighted by molar-refractivity contribution is -0.481. The molecule has 0 radical (unpaired) electrons. The molecule has 1 N–H and O–H groups in total. The van der Waals surface area contributed by atoms with Crippen LogP contribution in [-0.2, 0) is 6.42 Å². The molecule has 2 rings (SSSR count). The van der Waals surface area contributed by atoms with Crippen molar-refractivity contribution >= 4 is 15.9 Å². The third-order valence-corrected chi connectivity index (χ3v) is 4.01. The second-order valence-corrected chi connectivity index (χ2v) is 5.78. The maximum absolute atomic E-state index is 11.0. The second kappa shape index (κ2) is 6.72. The molecule has 0 aromatic heterocycles. The van der Waals surface area contributed by atoms with Crippen molar-refractivity contribution in [3.8, 4) is 5.75 Å². The Hall–Kier alpha value is -1.88. The minimum absolute atomic E-state index is 0.0990. The van der Waals surface area contributed by atoms with Crippen molar-refractivity contribution in [3.05, 3.63) is 73.7 Å². The number of halogens is 1. The third kappa shape index (κ3) is 3.82. The van der Waals surface area contributed by atoms with Crippen molar-refractivity contribution < 1.29 is 10.0 Å². The highest BCUT2D eigenvalue weighted by Gasteiger charge is 2.23. The predicted molar refractivity (Wildman–Crippen MR) is 85.3 cm³/mol. The Balaban J connectivity index is 2.49. The molecule has 0 saturated heterocycles. The molecule has 2 aromatic carbocycles. The number of nitrogens with zero attached hydrogens (tertiary/aromatic N) is 1. The first-order valence-corrected chi connectivity index (χ1v) is 7.49. The van der Waals surface area contributed by atoms with E-state index in [0.717, 1.165) is 22.0 Å². The number of rotatable bonds is 5. The van der Waals surface area contributed by atoms with Gasteiger partial charge in [0.15, 0.2) is 0 Å². The summed E-state index contributed by atoms with van der Waals surface area (Å²) >= 11 is 3.36. The van der Waals surface area contributed by atoms with Crippen LogP contribution in [-0.4, -0.2) is 16.6 Å². The molecule has 0 aliphatic carbocycles. The highest BCUT2D eigenvalue weighted by Crippen LogP contribution is 2.33. The van der Waals surface area contributed by atoms with E-state index in [1.165, 1.54) is 0 Å². The zero-order valence-corrected chi connectivity index (χ0v) is 13.2. The molecule has 4 nitrogen and oxygen atoms in total.